The molecule has 0 aliphatic carbocycles. The molecule has 4 heteroatoms. The fourth-order valence-electron chi connectivity index (χ4n) is 1.28. The number of nitrogens with one attached hydrogen (secondary N) is 1. The van der Waals surface area contributed by atoms with Crippen molar-refractivity contribution in [2.75, 3.05) is 6.61 Å². The van der Waals surface area contributed by atoms with E-state index in [9.17, 15) is 4.79 Å². The molecule has 0 aromatic heterocycles. The van der Waals surface area contributed by atoms with Gasteiger partial charge in [0.25, 0.3) is 11.8 Å². The summed E-state index contributed by atoms with van der Waals surface area (Å²) >= 11 is 0. The van der Waals surface area contributed by atoms with E-state index in [2.05, 4.69) is 5.32 Å². The van der Waals surface area contributed by atoms with E-state index >= 15 is 0 Å². The first-order chi connectivity index (χ1) is 6.12. The van der Waals surface area contributed by atoms with Gasteiger partial charge in [-0.2, -0.15) is 0 Å². The number of amides is 1. The summed E-state index contributed by atoms with van der Waals surface area (Å²) in [5.74, 6) is -0.539. The molecule has 0 radical (unpaired) electrons. The lowest BCUT2D eigenvalue weighted by atomic mass is 10.3. The summed E-state index contributed by atoms with van der Waals surface area (Å²) in [6.07, 6.45) is 1.99. The van der Waals surface area contributed by atoms with Crippen LogP contribution in [0.25, 0.3) is 0 Å². The fraction of sp³-hybridized carbons (Fsp3) is 0.667. The minimum Gasteiger partial charge on any atom is -0.449 e. The predicted molar refractivity (Wildman–Crippen MR) is 47.6 cm³/mol. The van der Waals surface area contributed by atoms with Crippen molar-refractivity contribution >= 4 is 5.91 Å². The molecule has 0 saturated carbocycles. The summed E-state index contributed by atoms with van der Waals surface area (Å²) in [5, 5.41) is 2.65. The molecule has 74 valence electrons. The monoisotopic (exact) mass is 185 g/mol. The summed E-state index contributed by atoms with van der Waals surface area (Å²) in [6.45, 7) is 6.00. The minimum absolute atomic E-state index is 0.168. The molecule has 1 atom stereocenters. The second-order valence-corrected chi connectivity index (χ2v) is 2.89. The number of rotatable bonds is 3. The highest BCUT2D eigenvalue weighted by molar-refractivity contribution is 5.88. The molecule has 1 heterocycles. The third-order valence-electron chi connectivity index (χ3n) is 1.82. The van der Waals surface area contributed by atoms with Crippen LogP contribution in [-0.4, -0.2) is 18.4 Å². The number of hydrogen-bond acceptors (Lipinski definition) is 3. The summed E-state index contributed by atoms with van der Waals surface area (Å²) in [7, 11) is 0. The van der Waals surface area contributed by atoms with E-state index in [4.69, 9.17) is 9.47 Å². The van der Waals surface area contributed by atoms with Crippen LogP contribution >= 0.6 is 0 Å². The summed E-state index contributed by atoms with van der Waals surface area (Å²) in [5.41, 5.74) is 0. The third kappa shape index (κ3) is 2.21. The zero-order chi connectivity index (χ0) is 9.90. The van der Waals surface area contributed by atoms with Crippen molar-refractivity contribution in [2.45, 2.75) is 33.1 Å². The molecule has 1 amide bonds. The molecule has 1 N–H and O–H groups in total. The van der Waals surface area contributed by atoms with Crippen LogP contribution in [-0.2, 0) is 14.3 Å². The third-order valence-corrected chi connectivity index (χ3v) is 1.82. The average molecular weight is 185 g/mol. The van der Waals surface area contributed by atoms with Crippen molar-refractivity contribution in [3.8, 4) is 0 Å². The average Bonchev–Trinajstić information content (AvgIpc) is 2.03. The van der Waals surface area contributed by atoms with Gasteiger partial charge in [-0.3, -0.25) is 10.1 Å². The largest absolute Gasteiger partial charge is 0.449 e. The molecule has 0 aromatic carbocycles. The highest BCUT2D eigenvalue weighted by Crippen LogP contribution is 2.21. The first kappa shape index (κ1) is 10.1. The number of carbonyl (C=O) groups is 1. The Morgan fingerprint density at radius 2 is 2.31 bits per heavy atom. The molecule has 0 fully saturated rings. The van der Waals surface area contributed by atoms with Crippen molar-refractivity contribution in [1.82, 2.24) is 5.32 Å². The van der Waals surface area contributed by atoms with Crippen molar-refractivity contribution in [1.29, 1.82) is 0 Å². The topological polar surface area (TPSA) is 47.6 Å². The van der Waals surface area contributed by atoms with Gasteiger partial charge in [0, 0.05) is 12.5 Å². The maximum atomic E-state index is 11.2. The molecule has 1 aliphatic rings. The van der Waals surface area contributed by atoms with E-state index in [1.807, 2.05) is 13.8 Å². The van der Waals surface area contributed by atoms with E-state index in [0.717, 1.165) is 0 Å². The van der Waals surface area contributed by atoms with Crippen LogP contribution in [0.5, 0.6) is 0 Å². The number of allylic oxidation sites excluding steroid dienone is 1. The highest BCUT2D eigenvalue weighted by atomic mass is 16.7. The van der Waals surface area contributed by atoms with Crippen LogP contribution < -0.4 is 5.32 Å². The quantitative estimate of drug-likeness (QED) is 0.717. The van der Waals surface area contributed by atoms with Crippen LogP contribution in [0.2, 0.25) is 0 Å². The van der Waals surface area contributed by atoms with Crippen LogP contribution in [0.1, 0.15) is 27.2 Å². The molecular formula is C9H15NO3. The van der Waals surface area contributed by atoms with Crippen LogP contribution in [0.4, 0.5) is 0 Å². The Balaban J connectivity index is 2.78. The Hall–Kier alpha value is -1.03. The number of hydrogen-bond donors (Lipinski definition) is 1. The van der Waals surface area contributed by atoms with Crippen molar-refractivity contribution in [3.63, 3.8) is 0 Å². The van der Waals surface area contributed by atoms with Gasteiger partial charge in [0.1, 0.15) is 5.76 Å². The number of carbonyl (C=O) groups excluding carboxylic acids is 1. The maximum Gasteiger partial charge on any atom is 0.293 e. The number of ether oxygens (including phenoxy) is 2. The summed E-state index contributed by atoms with van der Waals surface area (Å²) in [6, 6.07) is 0. The first-order valence-corrected chi connectivity index (χ1v) is 4.45. The van der Waals surface area contributed by atoms with Gasteiger partial charge in [0.2, 0.25) is 0 Å². The van der Waals surface area contributed by atoms with Crippen LogP contribution in [0.3, 0.4) is 0 Å². The Morgan fingerprint density at radius 3 is 2.77 bits per heavy atom. The molecule has 0 saturated heterocycles. The molecule has 0 bridgehead atoms. The molecule has 4 nitrogen and oxygen atoms in total. The van der Waals surface area contributed by atoms with Crippen molar-refractivity contribution in [2.24, 2.45) is 0 Å². The molecule has 1 aliphatic heterocycles. The van der Waals surface area contributed by atoms with E-state index in [1.54, 1.807) is 6.92 Å². The molecule has 0 spiro atoms. The normalized spacial score (nSPS) is 27.6. The Kier molecular flexibility index (Phi) is 2.93. The van der Waals surface area contributed by atoms with E-state index < -0.39 is 5.91 Å². The van der Waals surface area contributed by atoms with Crippen molar-refractivity contribution < 1.29 is 14.3 Å². The summed E-state index contributed by atoms with van der Waals surface area (Å²) < 4.78 is 10.8. The zero-order valence-electron chi connectivity index (χ0n) is 8.22. The molecule has 1 rings (SSSR count). The van der Waals surface area contributed by atoms with E-state index in [-0.39, 0.29) is 5.91 Å². The standard InChI is InChI=1S/C9H15NO3/c1-4-9(12-5-2)10-8(11)6-7(3)13-9/h6H,4-5H2,1-3H3,(H,10,11). The highest BCUT2D eigenvalue weighted by Gasteiger charge is 2.35. The molecule has 0 aromatic rings. The molecule has 1 unspecified atom stereocenters. The van der Waals surface area contributed by atoms with E-state index in [1.165, 1.54) is 6.08 Å². The van der Waals surface area contributed by atoms with E-state index in [0.29, 0.717) is 18.8 Å². The van der Waals surface area contributed by atoms with Gasteiger partial charge in [-0.15, -0.1) is 0 Å². The lowest BCUT2D eigenvalue weighted by Gasteiger charge is -2.35. The maximum absolute atomic E-state index is 11.2. The Labute approximate surface area is 77.9 Å². The van der Waals surface area contributed by atoms with Gasteiger partial charge in [-0.25, -0.2) is 0 Å². The van der Waals surface area contributed by atoms with Gasteiger partial charge in [-0.1, -0.05) is 6.92 Å². The second-order valence-electron chi connectivity index (χ2n) is 2.89. The lowest BCUT2D eigenvalue weighted by Crippen LogP contribution is -2.54. The van der Waals surface area contributed by atoms with Crippen LogP contribution in [0.15, 0.2) is 11.8 Å². The zero-order valence-corrected chi connectivity index (χ0v) is 8.22. The molecular weight excluding hydrogens is 170 g/mol. The summed E-state index contributed by atoms with van der Waals surface area (Å²) in [4.78, 5) is 11.2. The first-order valence-electron chi connectivity index (χ1n) is 4.45. The SMILES string of the molecule is CCOC1(CC)NC(=O)C=C(C)O1. The van der Waals surface area contributed by atoms with Gasteiger partial charge in [0.15, 0.2) is 0 Å². The second kappa shape index (κ2) is 3.79. The lowest BCUT2D eigenvalue weighted by molar-refractivity contribution is -0.237. The van der Waals surface area contributed by atoms with Gasteiger partial charge in [0.05, 0.1) is 6.61 Å². The van der Waals surface area contributed by atoms with Crippen LogP contribution in [0, 0.1) is 0 Å². The smallest absolute Gasteiger partial charge is 0.293 e. The van der Waals surface area contributed by atoms with Crippen molar-refractivity contribution in [3.05, 3.63) is 11.8 Å². The Bertz CT molecular complexity index is 237. The predicted octanol–water partition coefficient (Wildman–Crippen LogP) is 1.14. The van der Waals surface area contributed by atoms with Gasteiger partial charge in [-0.05, 0) is 13.8 Å². The minimum atomic E-state index is -0.954. The fourth-order valence-corrected chi connectivity index (χ4v) is 1.28. The van der Waals surface area contributed by atoms with Gasteiger partial charge >= 0.3 is 0 Å². The molecule has 13 heavy (non-hydrogen) atoms. The van der Waals surface area contributed by atoms with Gasteiger partial charge < -0.3 is 9.47 Å². The Morgan fingerprint density at radius 1 is 1.62 bits per heavy atom.